The van der Waals surface area contributed by atoms with Crippen LogP contribution in [0.4, 0.5) is 5.13 Å². The average molecular weight is 362 g/mol. The Balaban J connectivity index is 1.65. The zero-order valence-electron chi connectivity index (χ0n) is 14.7. The van der Waals surface area contributed by atoms with E-state index in [0.29, 0.717) is 30.2 Å². The van der Waals surface area contributed by atoms with Crippen molar-refractivity contribution in [3.05, 3.63) is 29.6 Å². The third kappa shape index (κ3) is 3.68. The van der Waals surface area contributed by atoms with E-state index in [2.05, 4.69) is 14.3 Å². The SMILES string of the molecule is CCc1nsc(N2CCN(C(=O)c3ccc(OC)c(OC)c3)CC2)n1. The van der Waals surface area contributed by atoms with E-state index < -0.39 is 0 Å². The Labute approximate surface area is 151 Å². The molecule has 1 saturated heterocycles. The summed E-state index contributed by atoms with van der Waals surface area (Å²) in [7, 11) is 3.15. The topological polar surface area (TPSA) is 67.8 Å². The van der Waals surface area contributed by atoms with Gasteiger partial charge in [0.1, 0.15) is 5.82 Å². The Bertz CT molecular complexity index is 741. The van der Waals surface area contributed by atoms with Gasteiger partial charge < -0.3 is 19.3 Å². The maximum Gasteiger partial charge on any atom is 0.254 e. The normalized spacial score (nSPS) is 14.5. The molecule has 7 nitrogen and oxygen atoms in total. The molecule has 1 fully saturated rings. The first-order valence-electron chi connectivity index (χ1n) is 8.25. The van der Waals surface area contributed by atoms with Crippen molar-refractivity contribution in [1.29, 1.82) is 0 Å². The lowest BCUT2D eigenvalue weighted by Crippen LogP contribution is -2.48. The number of amides is 1. The molecule has 2 aromatic rings. The lowest BCUT2D eigenvalue weighted by atomic mass is 10.1. The van der Waals surface area contributed by atoms with E-state index >= 15 is 0 Å². The van der Waals surface area contributed by atoms with E-state index in [1.807, 2.05) is 11.8 Å². The van der Waals surface area contributed by atoms with E-state index in [1.165, 1.54) is 11.5 Å². The number of hydrogen-bond acceptors (Lipinski definition) is 7. The summed E-state index contributed by atoms with van der Waals surface area (Å²) in [4.78, 5) is 21.3. The predicted molar refractivity (Wildman–Crippen MR) is 96.9 cm³/mol. The van der Waals surface area contributed by atoms with Crippen molar-refractivity contribution < 1.29 is 14.3 Å². The van der Waals surface area contributed by atoms with Crippen LogP contribution in [0.2, 0.25) is 0 Å². The largest absolute Gasteiger partial charge is 0.493 e. The van der Waals surface area contributed by atoms with Gasteiger partial charge in [-0.3, -0.25) is 4.79 Å². The van der Waals surface area contributed by atoms with Gasteiger partial charge >= 0.3 is 0 Å². The van der Waals surface area contributed by atoms with Gasteiger partial charge in [0.05, 0.1) is 14.2 Å². The number of benzene rings is 1. The third-order valence-corrected chi connectivity index (χ3v) is 5.06. The van der Waals surface area contributed by atoms with Gasteiger partial charge in [-0.1, -0.05) is 6.92 Å². The van der Waals surface area contributed by atoms with Crippen LogP contribution in [0.15, 0.2) is 18.2 Å². The number of hydrogen-bond donors (Lipinski definition) is 0. The summed E-state index contributed by atoms with van der Waals surface area (Å²) in [5, 5.41) is 0.940. The number of carbonyl (C=O) groups is 1. The first-order valence-corrected chi connectivity index (χ1v) is 9.02. The van der Waals surface area contributed by atoms with Gasteiger partial charge in [-0.25, -0.2) is 4.98 Å². The van der Waals surface area contributed by atoms with E-state index in [4.69, 9.17) is 9.47 Å². The molecule has 0 N–H and O–H groups in total. The molecule has 1 aliphatic rings. The van der Waals surface area contributed by atoms with Crippen molar-refractivity contribution in [3.8, 4) is 11.5 Å². The number of nitrogens with zero attached hydrogens (tertiary/aromatic N) is 4. The molecule has 0 saturated carbocycles. The number of piperazine rings is 1. The fraction of sp³-hybridized carbons (Fsp3) is 0.471. The Morgan fingerprint density at radius 1 is 1.16 bits per heavy atom. The molecule has 1 aromatic heterocycles. The van der Waals surface area contributed by atoms with Crippen LogP contribution in [-0.4, -0.2) is 60.6 Å². The molecule has 0 radical (unpaired) electrons. The van der Waals surface area contributed by atoms with Crippen LogP contribution in [0.3, 0.4) is 0 Å². The highest BCUT2D eigenvalue weighted by Gasteiger charge is 2.24. The molecule has 0 aliphatic carbocycles. The highest BCUT2D eigenvalue weighted by Crippen LogP contribution is 2.28. The molecule has 0 unspecified atom stereocenters. The van der Waals surface area contributed by atoms with E-state index in [9.17, 15) is 4.79 Å². The van der Waals surface area contributed by atoms with E-state index in [-0.39, 0.29) is 5.91 Å². The van der Waals surface area contributed by atoms with Crippen LogP contribution in [0, 0.1) is 0 Å². The quantitative estimate of drug-likeness (QED) is 0.811. The maximum atomic E-state index is 12.7. The Morgan fingerprint density at radius 2 is 1.88 bits per heavy atom. The van der Waals surface area contributed by atoms with Crippen molar-refractivity contribution in [1.82, 2.24) is 14.3 Å². The predicted octanol–water partition coefficient (Wildman–Crippen LogP) is 2.08. The number of ether oxygens (including phenoxy) is 2. The van der Waals surface area contributed by atoms with Crippen LogP contribution < -0.4 is 14.4 Å². The van der Waals surface area contributed by atoms with Crippen molar-refractivity contribution in [2.24, 2.45) is 0 Å². The maximum absolute atomic E-state index is 12.7. The zero-order valence-corrected chi connectivity index (χ0v) is 15.5. The minimum Gasteiger partial charge on any atom is -0.493 e. The average Bonchev–Trinajstić information content (AvgIpc) is 3.16. The standard InChI is InChI=1S/C17H22N4O3S/c1-4-15-18-17(25-19-15)21-9-7-20(8-10-21)16(22)12-5-6-13(23-2)14(11-12)24-3/h5-6,11H,4,7-10H2,1-3H3. The minimum absolute atomic E-state index is 0.00659. The number of anilines is 1. The fourth-order valence-electron chi connectivity index (χ4n) is 2.77. The van der Waals surface area contributed by atoms with Gasteiger partial charge in [-0.2, -0.15) is 4.37 Å². The second kappa shape index (κ2) is 7.69. The molecule has 0 atom stereocenters. The number of carbonyl (C=O) groups excluding carboxylic acids is 1. The van der Waals surface area contributed by atoms with Gasteiger partial charge in [-0.15, -0.1) is 0 Å². The van der Waals surface area contributed by atoms with Crippen molar-refractivity contribution in [2.75, 3.05) is 45.3 Å². The Kier molecular flexibility index (Phi) is 5.37. The number of aryl methyl sites for hydroxylation is 1. The summed E-state index contributed by atoms with van der Waals surface area (Å²) < 4.78 is 14.8. The smallest absolute Gasteiger partial charge is 0.254 e. The van der Waals surface area contributed by atoms with Crippen molar-refractivity contribution in [2.45, 2.75) is 13.3 Å². The molecule has 8 heteroatoms. The molecule has 134 valence electrons. The van der Waals surface area contributed by atoms with Gasteiger partial charge in [0, 0.05) is 49.7 Å². The zero-order chi connectivity index (χ0) is 17.8. The summed E-state index contributed by atoms with van der Waals surface area (Å²) in [6.45, 7) is 4.89. The summed E-state index contributed by atoms with van der Waals surface area (Å²) >= 11 is 1.43. The van der Waals surface area contributed by atoms with Crippen LogP contribution in [0.1, 0.15) is 23.1 Å². The molecule has 0 bridgehead atoms. The molecular formula is C17H22N4O3S. The Morgan fingerprint density at radius 3 is 2.48 bits per heavy atom. The second-order valence-corrected chi connectivity index (χ2v) is 6.43. The van der Waals surface area contributed by atoms with Crippen molar-refractivity contribution >= 4 is 22.6 Å². The highest BCUT2D eigenvalue weighted by atomic mass is 32.1. The van der Waals surface area contributed by atoms with Crippen LogP contribution in [-0.2, 0) is 6.42 Å². The molecule has 2 heterocycles. The summed E-state index contributed by atoms with van der Waals surface area (Å²) in [6.07, 6.45) is 0.842. The van der Waals surface area contributed by atoms with E-state index in [0.717, 1.165) is 30.5 Å². The molecule has 25 heavy (non-hydrogen) atoms. The van der Waals surface area contributed by atoms with Gasteiger partial charge in [0.15, 0.2) is 11.5 Å². The molecule has 1 aromatic carbocycles. The third-order valence-electron chi connectivity index (χ3n) is 4.24. The molecule has 3 rings (SSSR count). The molecule has 1 amide bonds. The molecule has 1 aliphatic heterocycles. The summed E-state index contributed by atoms with van der Waals surface area (Å²) in [5.41, 5.74) is 0.607. The monoisotopic (exact) mass is 362 g/mol. The lowest BCUT2D eigenvalue weighted by molar-refractivity contribution is 0.0746. The highest BCUT2D eigenvalue weighted by molar-refractivity contribution is 7.09. The number of rotatable bonds is 5. The first kappa shape index (κ1) is 17.5. The number of aromatic nitrogens is 2. The summed E-state index contributed by atoms with van der Waals surface area (Å²) in [5.74, 6) is 2.07. The van der Waals surface area contributed by atoms with E-state index in [1.54, 1.807) is 32.4 Å². The molecular weight excluding hydrogens is 340 g/mol. The van der Waals surface area contributed by atoms with Gasteiger partial charge in [0.2, 0.25) is 5.13 Å². The van der Waals surface area contributed by atoms with Crippen LogP contribution in [0.25, 0.3) is 0 Å². The van der Waals surface area contributed by atoms with Gasteiger partial charge in [-0.05, 0) is 18.2 Å². The first-order chi connectivity index (χ1) is 12.2. The lowest BCUT2D eigenvalue weighted by Gasteiger charge is -2.34. The minimum atomic E-state index is 0.00659. The van der Waals surface area contributed by atoms with Gasteiger partial charge in [0.25, 0.3) is 5.91 Å². The second-order valence-electron chi connectivity index (χ2n) is 5.70. The van der Waals surface area contributed by atoms with Crippen LogP contribution in [0.5, 0.6) is 11.5 Å². The number of methoxy groups -OCH3 is 2. The Hall–Kier alpha value is -2.35. The summed E-state index contributed by atoms with van der Waals surface area (Å²) in [6, 6.07) is 5.26. The molecule has 0 spiro atoms. The van der Waals surface area contributed by atoms with Crippen molar-refractivity contribution in [3.63, 3.8) is 0 Å². The van der Waals surface area contributed by atoms with Crippen LogP contribution >= 0.6 is 11.5 Å². The fourth-order valence-corrected chi connectivity index (χ4v) is 3.57.